The van der Waals surface area contributed by atoms with Crippen LogP contribution in [0, 0.1) is 0 Å². The number of fused-ring (bicyclic) bond motifs is 1. The van der Waals surface area contributed by atoms with Gasteiger partial charge in [-0.1, -0.05) is 23.7 Å². The molecule has 35 heavy (non-hydrogen) atoms. The van der Waals surface area contributed by atoms with E-state index in [0.717, 1.165) is 40.8 Å². The highest BCUT2D eigenvalue weighted by atomic mass is 35.5. The minimum atomic E-state index is -4.51. The van der Waals surface area contributed by atoms with E-state index in [1.807, 2.05) is 31.1 Å². The molecule has 2 aromatic carbocycles. The van der Waals surface area contributed by atoms with Crippen LogP contribution in [-0.4, -0.2) is 52.7 Å². The Morgan fingerprint density at radius 3 is 2.57 bits per heavy atom. The maximum absolute atomic E-state index is 13.5. The van der Waals surface area contributed by atoms with Crippen LogP contribution in [0.4, 0.5) is 18.0 Å². The molecule has 5 nitrogen and oxygen atoms in total. The average Bonchev–Trinajstić information content (AvgIpc) is 3.29. The van der Waals surface area contributed by atoms with E-state index in [0.29, 0.717) is 17.9 Å². The third-order valence-electron chi connectivity index (χ3n) is 5.67. The predicted octanol–water partition coefficient (Wildman–Crippen LogP) is 6.35. The third kappa shape index (κ3) is 5.74. The largest absolute Gasteiger partial charge is 0.416 e. The fourth-order valence-corrected chi connectivity index (χ4v) is 5.01. The van der Waals surface area contributed by atoms with Gasteiger partial charge in [0.15, 0.2) is 0 Å². The van der Waals surface area contributed by atoms with Crippen LogP contribution in [0.3, 0.4) is 0 Å². The van der Waals surface area contributed by atoms with Gasteiger partial charge >= 0.3 is 6.18 Å². The van der Waals surface area contributed by atoms with Crippen LogP contribution in [-0.2, 0) is 17.5 Å². The standard InChI is InChI=1S/C25H23ClF3N3O2S/c1-30(2)9-3-10-32-23(33)22(35-24(32)34)13-16-4-7-21-17(12-16)8-11-31(21)15-18-5-6-19(26)14-20(18)25(27,28)29/h4-8,11-14H,3,9-10,15H2,1-2H3/b22-13-. The van der Waals surface area contributed by atoms with Gasteiger partial charge in [0.1, 0.15) is 0 Å². The van der Waals surface area contributed by atoms with Crippen molar-refractivity contribution in [2.75, 3.05) is 27.2 Å². The van der Waals surface area contributed by atoms with E-state index in [1.54, 1.807) is 29.0 Å². The van der Waals surface area contributed by atoms with Crippen LogP contribution >= 0.6 is 23.4 Å². The summed E-state index contributed by atoms with van der Waals surface area (Å²) >= 11 is 6.70. The Hall–Kier alpha value is -2.75. The first-order chi connectivity index (χ1) is 16.5. The Labute approximate surface area is 210 Å². The minimum Gasteiger partial charge on any atom is -0.343 e. The van der Waals surface area contributed by atoms with Crippen LogP contribution in [0.2, 0.25) is 5.02 Å². The van der Waals surface area contributed by atoms with E-state index in [4.69, 9.17) is 11.6 Å². The molecule has 10 heteroatoms. The summed E-state index contributed by atoms with van der Waals surface area (Å²) < 4.78 is 42.2. The molecule has 1 aromatic heterocycles. The second-order valence-electron chi connectivity index (χ2n) is 8.55. The van der Waals surface area contributed by atoms with E-state index in [2.05, 4.69) is 0 Å². The molecule has 2 amide bonds. The van der Waals surface area contributed by atoms with Crippen molar-refractivity contribution in [2.24, 2.45) is 0 Å². The first-order valence-corrected chi connectivity index (χ1v) is 12.1. The van der Waals surface area contributed by atoms with Crippen LogP contribution in [0.5, 0.6) is 0 Å². The number of imide groups is 1. The number of carbonyl (C=O) groups is 2. The summed E-state index contributed by atoms with van der Waals surface area (Å²) in [4.78, 5) is 28.6. The second kappa shape index (κ2) is 10.1. The second-order valence-corrected chi connectivity index (χ2v) is 9.98. The number of hydrogen-bond donors (Lipinski definition) is 0. The monoisotopic (exact) mass is 521 g/mol. The zero-order valence-electron chi connectivity index (χ0n) is 19.1. The zero-order chi connectivity index (χ0) is 25.3. The molecular formula is C25H23ClF3N3O2S. The lowest BCUT2D eigenvalue weighted by Gasteiger charge is -2.14. The van der Waals surface area contributed by atoms with E-state index in [1.165, 1.54) is 17.0 Å². The highest BCUT2D eigenvalue weighted by Crippen LogP contribution is 2.35. The van der Waals surface area contributed by atoms with Crippen molar-refractivity contribution in [3.63, 3.8) is 0 Å². The van der Waals surface area contributed by atoms with E-state index < -0.39 is 11.7 Å². The number of rotatable bonds is 7. The summed E-state index contributed by atoms with van der Waals surface area (Å²) in [6.45, 7) is 1.17. The highest BCUT2D eigenvalue weighted by Gasteiger charge is 2.35. The number of thioether (sulfide) groups is 1. The Morgan fingerprint density at radius 1 is 1.09 bits per heavy atom. The molecular weight excluding hydrogens is 499 g/mol. The fourth-order valence-electron chi connectivity index (χ4n) is 3.97. The van der Waals surface area contributed by atoms with Gasteiger partial charge in [-0.05, 0) is 86.4 Å². The van der Waals surface area contributed by atoms with Crippen LogP contribution in [0.25, 0.3) is 17.0 Å². The van der Waals surface area contributed by atoms with Crippen LogP contribution < -0.4 is 0 Å². The molecule has 1 aliphatic rings. The molecule has 0 saturated carbocycles. The van der Waals surface area contributed by atoms with Gasteiger partial charge in [-0.15, -0.1) is 0 Å². The molecule has 2 heterocycles. The van der Waals surface area contributed by atoms with Crippen molar-refractivity contribution < 1.29 is 22.8 Å². The van der Waals surface area contributed by atoms with Crippen LogP contribution in [0.1, 0.15) is 23.1 Å². The van der Waals surface area contributed by atoms with Gasteiger partial charge in [0.05, 0.1) is 10.5 Å². The number of aromatic nitrogens is 1. The quantitative estimate of drug-likeness (QED) is 0.340. The number of alkyl halides is 3. The number of hydrogen-bond acceptors (Lipinski definition) is 4. The van der Waals surface area contributed by atoms with Crippen molar-refractivity contribution in [2.45, 2.75) is 19.1 Å². The fraction of sp³-hybridized carbons (Fsp3) is 0.280. The van der Waals surface area contributed by atoms with Crippen molar-refractivity contribution >= 4 is 51.5 Å². The number of amides is 2. The van der Waals surface area contributed by atoms with Gasteiger partial charge in [-0.25, -0.2) is 0 Å². The van der Waals surface area contributed by atoms with E-state index in [-0.39, 0.29) is 28.3 Å². The molecule has 0 N–H and O–H groups in total. The first-order valence-electron chi connectivity index (χ1n) is 10.9. The lowest BCUT2D eigenvalue weighted by atomic mass is 10.1. The Morgan fingerprint density at radius 2 is 1.86 bits per heavy atom. The lowest BCUT2D eigenvalue weighted by molar-refractivity contribution is -0.138. The maximum atomic E-state index is 13.5. The molecule has 1 aliphatic heterocycles. The first kappa shape index (κ1) is 25.3. The van der Waals surface area contributed by atoms with Gasteiger partial charge in [-0.2, -0.15) is 13.2 Å². The summed E-state index contributed by atoms with van der Waals surface area (Å²) in [5.41, 5.74) is 0.842. The third-order valence-corrected chi connectivity index (χ3v) is 6.81. The van der Waals surface area contributed by atoms with Gasteiger partial charge in [0.25, 0.3) is 11.1 Å². The Bertz CT molecular complexity index is 1320. The van der Waals surface area contributed by atoms with E-state index >= 15 is 0 Å². The van der Waals surface area contributed by atoms with Crippen molar-refractivity contribution in [1.82, 2.24) is 14.4 Å². The number of carbonyl (C=O) groups excluding carboxylic acids is 2. The topological polar surface area (TPSA) is 45.5 Å². The van der Waals surface area contributed by atoms with Gasteiger partial charge < -0.3 is 9.47 Å². The highest BCUT2D eigenvalue weighted by molar-refractivity contribution is 8.18. The number of nitrogens with zero attached hydrogens (tertiary/aromatic N) is 3. The summed E-state index contributed by atoms with van der Waals surface area (Å²) in [6, 6.07) is 11.0. The SMILES string of the molecule is CN(C)CCCN1C(=O)S/C(=C\c2ccc3c(ccn3Cc3ccc(Cl)cc3C(F)(F)F)c2)C1=O. The Balaban J connectivity index is 1.55. The molecule has 3 aromatic rings. The zero-order valence-corrected chi connectivity index (χ0v) is 20.7. The molecule has 1 saturated heterocycles. The average molecular weight is 522 g/mol. The normalized spacial score (nSPS) is 15.9. The smallest absolute Gasteiger partial charge is 0.343 e. The van der Waals surface area contributed by atoms with E-state index in [9.17, 15) is 22.8 Å². The molecule has 0 unspecified atom stereocenters. The van der Waals surface area contributed by atoms with Gasteiger partial charge in [0.2, 0.25) is 0 Å². The molecule has 1 fully saturated rings. The molecule has 0 bridgehead atoms. The summed E-state index contributed by atoms with van der Waals surface area (Å²) in [5, 5.41) is 0.562. The van der Waals surface area contributed by atoms with Gasteiger partial charge in [-0.3, -0.25) is 14.5 Å². The number of halogens is 4. The Kier molecular flexibility index (Phi) is 7.30. The summed E-state index contributed by atoms with van der Waals surface area (Å²) in [6.07, 6.45) is -0.413. The minimum absolute atomic E-state index is 0.0285. The van der Waals surface area contributed by atoms with Gasteiger partial charge in [0, 0.05) is 35.2 Å². The van der Waals surface area contributed by atoms with Crippen molar-refractivity contribution in [3.8, 4) is 0 Å². The molecule has 184 valence electrons. The number of benzene rings is 2. The maximum Gasteiger partial charge on any atom is 0.416 e. The summed E-state index contributed by atoms with van der Waals surface area (Å²) in [5.74, 6) is -0.307. The lowest BCUT2D eigenvalue weighted by Crippen LogP contribution is -2.31. The molecule has 0 aliphatic carbocycles. The molecule has 0 spiro atoms. The summed E-state index contributed by atoms with van der Waals surface area (Å²) in [7, 11) is 3.86. The van der Waals surface area contributed by atoms with Crippen molar-refractivity contribution in [3.05, 3.63) is 75.3 Å². The molecule has 0 atom stereocenters. The predicted molar refractivity (Wildman–Crippen MR) is 133 cm³/mol. The molecule has 0 radical (unpaired) electrons. The van der Waals surface area contributed by atoms with Crippen molar-refractivity contribution in [1.29, 1.82) is 0 Å². The molecule has 4 rings (SSSR count). The van der Waals surface area contributed by atoms with Crippen LogP contribution in [0.15, 0.2) is 53.6 Å².